The van der Waals surface area contributed by atoms with Crippen molar-refractivity contribution in [1.29, 1.82) is 0 Å². The Balaban J connectivity index is 2.14. The summed E-state index contributed by atoms with van der Waals surface area (Å²) in [6, 6.07) is 9.06. The number of carboxylic acids is 1. The first kappa shape index (κ1) is 21.9. The number of hydrogen-bond acceptors (Lipinski definition) is 5. The van der Waals surface area contributed by atoms with Gasteiger partial charge in [0.1, 0.15) is 5.60 Å². The van der Waals surface area contributed by atoms with E-state index in [-0.39, 0.29) is 19.5 Å². The SMILES string of the molecule is CC(C)(C)OC(=O)N(CCC1(C(=O)O)CC=NCC1)C[C@H](O)c1ccccc1. The Bertz CT molecular complexity index is 698. The number of hydrogen-bond donors (Lipinski definition) is 2. The number of amides is 1. The minimum Gasteiger partial charge on any atom is -0.481 e. The van der Waals surface area contributed by atoms with Gasteiger partial charge in [0.25, 0.3) is 0 Å². The topological polar surface area (TPSA) is 99.4 Å². The highest BCUT2D eigenvalue weighted by atomic mass is 16.6. The molecule has 2 atom stereocenters. The van der Waals surface area contributed by atoms with Gasteiger partial charge in [0, 0.05) is 13.1 Å². The standard InChI is InChI=1S/C21H30N2O5/c1-20(2,3)28-19(27)23(15-17(24)16-7-5-4-6-8-16)14-11-21(18(25)26)9-12-22-13-10-21/h4-8,12,17,24H,9-11,13-15H2,1-3H3,(H,25,26)/t17-,21?/m0/s1. The van der Waals surface area contributed by atoms with E-state index < -0.39 is 29.2 Å². The Morgan fingerprint density at radius 2 is 1.96 bits per heavy atom. The molecule has 2 rings (SSSR count). The molecule has 1 amide bonds. The molecule has 0 aromatic heterocycles. The molecule has 0 saturated carbocycles. The van der Waals surface area contributed by atoms with Crippen molar-refractivity contribution in [1.82, 2.24) is 4.90 Å². The second-order valence-electron chi connectivity index (χ2n) is 8.23. The van der Waals surface area contributed by atoms with Gasteiger partial charge in [-0.1, -0.05) is 30.3 Å². The number of benzene rings is 1. The fraction of sp³-hybridized carbons (Fsp3) is 0.571. The van der Waals surface area contributed by atoms with Crippen molar-refractivity contribution in [3.63, 3.8) is 0 Å². The third kappa shape index (κ3) is 6.05. The van der Waals surface area contributed by atoms with Crippen LogP contribution in [0, 0.1) is 5.41 Å². The Hall–Kier alpha value is -2.41. The first-order valence-corrected chi connectivity index (χ1v) is 9.56. The van der Waals surface area contributed by atoms with Crippen molar-refractivity contribution >= 4 is 18.3 Å². The lowest BCUT2D eigenvalue weighted by molar-refractivity contribution is -0.149. The van der Waals surface area contributed by atoms with Gasteiger partial charge in [0.05, 0.1) is 18.1 Å². The lowest BCUT2D eigenvalue weighted by Crippen LogP contribution is -2.43. The minimum absolute atomic E-state index is 0.0305. The van der Waals surface area contributed by atoms with E-state index >= 15 is 0 Å². The van der Waals surface area contributed by atoms with Gasteiger partial charge in [-0.05, 0) is 51.8 Å². The molecular weight excluding hydrogens is 360 g/mol. The van der Waals surface area contributed by atoms with Crippen LogP contribution in [0.15, 0.2) is 35.3 Å². The van der Waals surface area contributed by atoms with Gasteiger partial charge < -0.3 is 19.8 Å². The van der Waals surface area contributed by atoms with Gasteiger partial charge in [0.2, 0.25) is 0 Å². The van der Waals surface area contributed by atoms with Crippen molar-refractivity contribution in [2.75, 3.05) is 19.6 Å². The molecule has 28 heavy (non-hydrogen) atoms. The normalized spacial score (nSPS) is 20.4. The van der Waals surface area contributed by atoms with Crippen LogP contribution in [0.3, 0.4) is 0 Å². The van der Waals surface area contributed by atoms with Crippen LogP contribution >= 0.6 is 0 Å². The highest BCUT2D eigenvalue weighted by Gasteiger charge is 2.39. The summed E-state index contributed by atoms with van der Waals surface area (Å²) in [7, 11) is 0. The smallest absolute Gasteiger partial charge is 0.410 e. The van der Waals surface area contributed by atoms with Crippen molar-refractivity contribution in [3.05, 3.63) is 35.9 Å². The lowest BCUT2D eigenvalue weighted by atomic mass is 9.77. The van der Waals surface area contributed by atoms with Crippen molar-refractivity contribution in [2.45, 2.75) is 51.7 Å². The summed E-state index contributed by atoms with van der Waals surface area (Å²) in [6.07, 6.45) is 1.24. The van der Waals surface area contributed by atoms with Gasteiger partial charge in [-0.2, -0.15) is 0 Å². The number of ether oxygens (including phenoxy) is 1. The van der Waals surface area contributed by atoms with E-state index in [0.717, 1.165) is 0 Å². The second kappa shape index (κ2) is 9.19. The predicted octanol–water partition coefficient (Wildman–Crippen LogP) is 3.28. The fourth-order valence-electron chi connectivity index (χ4n) is 3.16. The number of aliphatic carboxylic acids is 1. The number of carbonyl (C=O) groups is 2. The summed E-state index contributed by atoms with van der Waals surface area (Å²) < 4.78 is 5.47. The highest BCUT2D eigenvalue weighted by Crippen LogP contribution is 2.33. The molecule has 2 N–H and O–H groups in total. The molecule has 1 aliphatic heterocycles. The number of rotatable bonds is 7. The lowest BCUT2D eigenvalue weighted by Gasteiger charge is -2.34. The predicted molar refractivity (Wildman–Crippen MR) is 106 cm³/mol. The van der Waals surface area contributed by atoms with Crippen LogP contribution in [0.5, 0.6) is 0 Å². The molecule has 154 valence electrons. The monoisotopic (exact) mass is 390 g/mol. The second-order valence-corrected chi connectivity index (χ2v) is 8.23. The molecule has 1 heterocycles. The van der Waals surface area contributed by atoms with Crippen molar-refractivity contribution in [2.24, 2.45) is 10.4 Å². The molecule has 0 saturated heterocycles. The summed E-state index contributed by atoms with van der Waals surface area (Å²) in [4.78, 5) is 30.1. The van der Waals surface area contributed by atoms with Crippen LogP contribution in [0.25, 0.3) is 0 Å². The maximum atomic E-state index is 12.7. The Morgan fingerprint density at radius 3 is 2.50 bits per heavy atom. The first-order chi connectivity index (χ1) is 13.1. The number of aliphatic hydroxyl groups is 1. The first-order valence-electron chi connectivity index (χ1n) is 9.56. The third-order valence-corrected chi connectivity index (χ3v) is 4.87. The van der Waals surface area contributed by atoms with Gasteiger partial charge in [-0.3, -0.25) is 9.79 Å². The summed E-state index contributed by atoms with van der Waals surface area (Å²) >= 11 is 0. The van der Waals surface area contributed by atoms with Crippen molar-refractivity contribution in [3.8, 4) is 0 Å². The summed E-state index contributed by atoms with van der Waals surface area (Å²) in [5.41, 5.74) is -0.942. The van der Waals surface area contributed by atoms with Crippen molar-refractivity contribution < 1.29 is 24.5 Å². The molecular formula is C21H30N2O5. The maximum Gasteiger partial charge on any atom is 0.410 e. The Morgan fingerprint density at radius 1 is 1.29 bits per heavy atom. The zero-order chi connectivity index (χ0) is 20.8. The van der Waals surface area contributed by atoms with Gasteiger partial charge in [-0.25, -0.2) is 4.79 Å². The molecule has 0 radical (unpaired) electrons. The maximum absolute atomic E-state index is 12.7. The van der Waals surface area contributed by atoms with Crippen LogP contribution in [-0.4, -0.2) is 58.6 Å². The zero-order valence-electron chi connectivity index (χ0n) is 16.8. The van der Waals surface area contributed by atoms with Gasteiger partial charge in [0.15, 0.2) is 0 Å². The largest absolute Gasteiger partial charge is 0.481 e. The number of carbonyl (C=O) groups excluding carboxylic acids is 1. The third-order valence-electron chi connectivity index (χ3n) is 4.87. The average Bonchev–Trinajstić information content (AvgIpc) is 2.64. The van der Waals surface area contributed by atoms with E-state index in [9.17, 15) is 19.8 Å². The van der Waals surface area contributed by atoms with E-state index in [2.05, 4.69) is 4.99 Å². The number of nitrogens with zero attached hydrogens (tertiary/aromatic N) is 2. The van der Waals surface area contributed by atoms with Crippen LogP contribution in [-0.2, 0) is 9.53 Å². The number of aliphatic hydroxyl groups excluding tert-OH is 1. The average molecular weight is 390 g/mol. The van der Waals surface area contributed by atoms with E-state index in [1.54, 1.807) is 39.1 Å². The van der Waals surface area contributed by atoms with Crippen LogP contribution < -0.4 is 0 Å². The summed E-state index contributed by atoms with van der Waals surface area (Å²) in [5, 5.41) is 20.3. The molecule has 1 aromatic carbocycles. The molecule has 0 bridgehead atoms. The molecule has 0 aliphatic carbocycles. The molecule has 1 aromatic rings. The van der Waals surface area contributed by atoms with E-state index in [4.69, 9.17) is 4.74 Å². The highest BCUT2D eigenvalue weighted by molar-refractivity contribution is 5.80. The van der Waals surface area contributed by atoms with E-state index in [0.29, 0.717) is 24.9 Å². The number of aliphatic imine (C=N–C) groups is 1. The van der Waals surface area contributed by atoms with E-state index in [1.807, 2.05) is 18.2 Å². The van der Waals surface area contributed by atoms with Gasteiger partial charge in [-0.15, -0.1) is 0 Å². The summed E-state index contributed by atoms with van der Waals surface area (Å²) in [5.74, 6) is -0.883. The molecule has 0 spiro atoms. The Labute approximate surface area is 166 Å². The molecule has 7 nitrogen and oxygen atoms in total. The minimum atomic E-state index is -0.945. The van der Waals surface area contributed by atoms with Crippen LogP contribution in [0.1, 0.15) is 51.7 Å². The fourth-order valence-corrected chi connectivity index (χ4v) is 3.16. The number of carboxylic acid groups (broad SMARTS) is 1. The van der Waals surface area contributed by atoms with Crippen LogP contribution in [0.4, 0.5) is 4.79 Å². The molecule has 1 aliphatic rings. The van der Waals surface area contributed by atoms with Gasteiger partial charge >= 0.3 is 12.1 Å². The summed E-state index contributed by atoms with van der Waals surface area (Å²) in [6.45, 7) is 5.99. The molecule has 0 fully saturated rings. The Kier molecular flexibility index (Phi) is 7.18. The molecule has 7 heteroatoms. The van der Waals surface area contributed by atoms with Crippen LogP contribution in [0.2, 0.25) is 0 Å². The zero-order valence-corrected chi connectivity index (χ0v) is 16.8. The molecule has 1 unspecified atom stereocenters. The quantitative estimate of drug-likeness (QED) is 0.744. The van der Waals surface area contributed by atoms with E-state index in [1.165, 1.54) is 4.90 Å².